The molecule has 1 unspecified atom stereocenters. The minimum atomic E-state index is -3.45. The first-order valence-electron chi connectivity index (χ1n) is 7.51. The van der Waals surface area contributed by atoms with E-state index >= 15 is 0 Å². The molecule has 5 nitrogen and oxygen atoms in total. The molecule has 6 heteroatoms. The van der Waals surface area contributed by atoms with Gasteiger partial charge >= 0.3 is 0 Å². The van der Waals surface area contributed by atoms with Gasteiger partial charge in [-0.05, 0) is 31.2 Å². The molecule has 0 saturated heterocycles. The van der Waals surface area contributed by atoms with Gasteiger partial charge in [-0.15, -0.1) is 0 Å². The number of aromatic amines is 1. The smallest absolute Gasteiger partial charge is 0.244 e. The molecular formula is C15H27N3O2S. The van der Waals surface area contributed by atoms with Gasteiger partial charge in [0.1, 0.15) is 0 Å². The second-order valence-electron chi connectivity index (χ2n) is 7.08. The predicted molar refractivity (Wildman–Crippen MR) is 84.5 cm³/mol. The zero-order chi connectivity index (χ0) is 15.8. The fraction of sp³-hybridized carbons (Fsp3) is 0.733. The molecule has 120 valence electrons. The molecule has 1 fully saturated rings. The molecule has 2 rings (SSSR count). The zero-order valence-corrected chi connectivity index (χ0v) is 14.4. The van der Waals surface area contributed by atoms with Crippen LogP contribution in [-0.2, 0) is 16.6 Å². The maximum absolute atomic E-state index is 12.7. The molecular weight excluding hydrogens is 286 g/mol. The predicted octanol–water partition coefficient (Wildman–Crippen LogP) is 2.32. The van der Waals surface area contributed by atoms with E-state index in [4.69, 9.17) is 0 Å². The summed E-state index contributed by atoms with van der Waals surface area (Å²) < 4.78 is 26.8. The Balaban J connectivity index is 2.11. The topological polar surface area (TPSA) is 65.2 Å². The highest BCUT2D eigenvalue weighted by Gasteiger charge is 2.33. The van der Waals surface area contributed by atoms with Crippen LogP contribution in [0.1, 0.15) is 46.2 Å². The monoisotopic (exact) mass is 313 g/mol. The van der Waals surface area contributed by atoms with Gasteiger partial charge in [0.05, 0.1) is 4.90 Å². The minimum absolute atomic E-state index is 0.0783. The van der Waals surface area contributed by atoms with Crippen LogP contribution in [-0.4, -0.2) is 36.8 Å². The van der Waals surface area contributed by atoms with E-state index in [-0.39, 0.29) is 11.5 Å². The van der Waals surface area contributed by atoms with Gasteiger partial charge in [-0.2, -0.15) is 4.31 Å². The van der Waals surface area contributed by atoms with Crippen molar-refractivity contribution in [3.05, 3.63) is 18.0 Å². The second-order valence-corrected chi connectivity index (χ2v) is 9.08. The Morgan fingerprint density at radius 2 is 2.05 bits per heavy atom. The Hall–Kier alpha value is -0.850. The van der Waals surface area contributed by atoms with E-state index in [9.17, 15) is 8.42 Å². The van der Waals surface area contributed by atoms with E-state index in [2.05, 4.69) is 10.3 Å². The Bertz CT molecular complexity index is 582. The molecule has 0 amide bonds. The summed E-state index contributed by atoms with van der Waals surface area (Å²) in [7, 11) is -1.80. The van der Waals surface area contributed by atoms with Crippen LogP contribution in [0.3, 0.4) is 0 Å². The molecule has 0 bridgehead atoms. The summed E-state index contributed by atoms with van der Waals surface area (Å²) in [6.07, 6.45) is 4.03. The lowest BCUT2D eigenvalue weighted by atomic mass is 9.88. The Kier molecular flexibility index (Phi) is 4.52. The molecule has 0 aromatic carbocycles. The summed E-state index contributed by atoms with van der Waals surface area (Å²) in [4.78, 5) is 3.40. The van der Waals surface area contributed by atoms with Gasteiger partial charge in [-0.3, -0.25) is 0 Å². The molecule has 1 saturated carbocycles. The highest BCUT2D eigenvalue weighted by molar-refractivity contribution is 7.89. The van der Waals surface area contributed by atoms with E-state index in [1.165, 1.54) is 17.1 Å². The van der Waals surface area contributed by atoms with Crippen molar-refractivity contribution in [3.8, 4) is 0 Å². The number of H-pyrrole nitrogens is 1. The van der Waals surface area contributed by atoms with E-state index in [0.29, 0.717) is 17.5 Å². The van der Waals surface area contributed by atoms with Crippen LogP contribution >= 0.6 is 0 Å². The summed E-state index contributed by atoms with van der Waals surface area (Å²) in [5, 5.41) is 3.37. The third kappa shape index (κ3) is 3.87. The molecule has 1 heterocycles. The first-order chi connectivity index (χ1) is 9.62. The van der Waals surface area contributed by atoms with Crippen molar-refractivity contribution in [1.29, 1.82) is 0 Å². The van der Waals surface area contributed by atoms with E-state index in [1.807, 2.05) is 27.7 Å². The molecule has 1 aromatic rings. The Morgan fingerprint density at radius 3 is 2.57 bits per heavy atom. The number of nitrogens with zero attached hydrogens (tertiary/aromatic N) is 1. The molecule has 0 aliphatic heterocycles. The van der Waals surface area contributed by atoms with Crippen LogP contribution in [0.5, 0.6) is 0 Å². The zero-order valence-electron chi connectivity index (χ0n) is 13.6. The van der Waals surface area contributed by atoms with Crippen LogP contribution in [0.2, 0.25) is 0 Å². The fourth-order valence-corrected chi connectivity index (χ4v) is 3.70. The van der Waals surface area contributed by atoms with Gasteiger partial charge in [-0.1, -0.05) is 20.8 Å². The lowest BCUT2D eigenvalue weighted by molar-refractivity contribution is 0.216. The van der Waals surface area contributed by atoms with Crippen LogP contribution in [0, 0.1) is 5.41 Å². The SMILES string of the molecule is CC(N(C)S(=O)(=O)c1c[nH]c(CNC2CC2)c1)C(C)(C)C. The maximum Gasteiger partial charge on any atom is 0.244 e. The Labute approximate surface area is 128 Å². The van der Waals surface area contributed by atoms with Crippen molar-refractivity contribution in [3.63, 3.8) is 0 Å². The van der Waals surface area contributed by atoms with Gasteiger partial charge in [0.25, 0.3) is 0 Å². The molecule has 1 aromatic heterocycles. The average Bonchev–Trinajstić information content (AvgIpc) is 3.09. The molecule has 1 aliphatic carbocycles. The first kappa shape index (κ1) is 16.5. The number of sulfonamides is 1. The van der Waals surface area contributed by atoms with Crippen LogP contribution in [0.4, 0.5) is 0 Å². The molecule has 1 aliphatic rings. The molecule has 21 heavy (non-hydrogen) atoms. The summed E-state index contributed by atoms with van der Waals surface area (Å²) in [5.41, 5.74) is 0.811. The van der Waals surface area contributed by atoms with Crippen molar-refractivity contribution in [2.24, 2.45) is 5.41 Å². The lowest BCUT2D eigenvalue weighted by Gasteiger charge is -2.34. The second kappa shape index (κ2) is 5.74. The lowest BCUT2D eigenvalue weighted by Crippen LogP contribution is -2.42. The van der Waals surface area contributed by atoms with Crippen LogP contribution in [0.25, 0.3) is 0 Å². The van der Waals surface area contributed by atoms with Gasteiger partial charge < -0.3 is 10.3 Å². The third-order valence-corrected chi connectivity index (χ3v) is 6.26. The van der Waals surface area contributed by atoms with Crippen molar-refractivity contribution >= 4 is 10.0 Å². The van der Waals surface area contributed by atoms with Crippen molar-refractivity contribution in [2.45, 2.75) is 64.1 Å². The normalized spacial score (nSPS) is 18.2. The molecule has 0 spiro atoms. The summed E-state index contributed by atoms with van der Waals surface area (Å²) >= 11 is 0. The molecule has 1 atom stereocenters. The molecule has 0 radical (unpaired) electrons. The number of hydrogen-bond donors (Lipinski definition) is 2. The number of aromatic nitrogens is 1. The Morgan fingerprint density at radius 1 is 1.43 bits per heavy atom. The number of hydrogen-bond acceptors (Lipinski definition) is 3. The average molecular weight is 313 g/mol. The summed E-state index contributed by atoms with van der Waals surface area (Å²) in [6, 6.07) is 2.26. The summed E-state index contributed by atoms with van der Waals surface area (Å²) in [5.74, 6) is 0. The van der Waals surface area contributed by atoms with Crippen molar-refractivity contribution in [1.82, 2.24) is 14.6 Å². The fourth-order valence-electron chi connectivity index (χ4n) is 2.13. The van der Waals surface area contributed by atoms with Gasteiger partial charge in [0, 0.05) is 37.6 Å². The maximum atomic E-state index is 12.7. The van der Waals surface area contributed by atoms with Crippen LogP contribution in [0.15, 0.2) is 17.2 Å². The van der Waals surface area contributed by atoms with E-state index in [0.717, 1.165) is 5.69 Å². The number of nitrogens with one attached hydrogen (secondary N) is 2. The minimum Gasteiger partial charge on any atom is -0.363 e. The third-order valence-electron chi connectivity index (χ3n) is 4.35. The highest BCUT2D eigenvalue weighted by atomic mass is 32.2. The largest absolute Gasteiger partial charge is 0.363 e. The van der Waals surface area contributed by atoms with Crippen molar-refractivity contribution in [2.75, 3.05) is 7.05 Å². The first-order valence-corrected chi connectivity index (χ1v) is 8.95. The molecule has 2 N–H and O–H groups in total. The van der Waals surface area contributed by atoms with Gasteiger partial charge in [-0.25, -0.2) is 8.42 Å². The highest BCUT2D eigenvalue weighted by Crippen LogP contribution is 2.28. The number of rotatable bonds is 6. The standard InChI is InChI=1S/C15H27N3O2S/c1-11(15(2,3)4)18(5)21(19,20)14-8-13(17-10-14)9-16-12-6-7-12/h8,10-12,16-17H,6-7,9H2,1-5H3. The van der Waals surface area contributed by atoms with Gasteiger partial charge in [0.15, 0.2) is 0 Å². The van der Waals surface area contributed by atoms with E-state index < -0.39 is 10.0 Å². The van der Waals surface area contributed by atoms with Crippen LogP contribution < -0.4 is 5.32 Å². The van der Waals surface area contributed by atoms with E-state index in [1.54, 1.807) is 19.3 Å². The van der Waals surface area contributed by atoms with Crippen molar-refractivity contribution < 1.29 is 8.42 Å². The quantitative estimate of drug-likeness (QED) is 0.847. The van der Waals surface area contributed by atoms with Gasteiger partial charge in [0.2, 0.25) is 10.0 Å². The summed E-state index contributed by atoms with van der Waals surface area (Å²) in [6.45, 7) is 8.78.